The van der Waals surface area contributed by atoms with Crippen molar-refractivity contribution in [1.29, 1.82) is 0 Å². The minimum atomic E-state index is -0.491. The number of carbonyl (C=O) groups excluding carboxylic acids is 1. The Morgan fingerprint density at radius 1 is 1.36 bits per heavy atom. The van der Waals surface area contributed by atoms with E-state index in [1.165, 1.54) is 0 Å². The zero-order chi connectivity index (χ0) is 9.97. The van der Waals surface area contributed by atoms with Crippen molar-refractivity contribution >= 4 is 6.09 Å². The molecule has 1 heterocycles. The molecular formula is C9H10N2O3. The molecule has 1 saturated heterocycles. The molecule has 0 bridgehead atoms. The molecule has 1 aromatic carbocycles. The van der Waals surface area contributed by atoms with Crippen molar-refractivity contribution in [3.63, 3.8) is 0 Å². The molecule has 1 amide bonds. The quantitative estimate of drug-likeness (QED) is 0.614. The normalized spacial score (nSPS) is 21.1. The number of ether oxygens (including phenoxy) is 1. The number of rotatable bonds is 1. The molecule has 0 aromatic heterocycles. The van der Waals surface area contributed by atoms with E-state index in [1.54, 1.807) is 24.3 Å². The van der Waals surface area contributed by atoms with Gasteiger partial charge < -0.3 is 9.84 Å². The number of phenolic OH excluding ortho intramolecular Hbond substituents is 1. The minimum absolute atomic E-state index is 0.196. The standard InChI is InChI=1S/C9H10N2O3/c12-7-3-1-6(2-4-7)8-5-10-11-9(13)14-8/h1-4,8,10,12H,5H2,(H,11,13). The van der Waals surface area contributed by atoms with Gasteiger partial charge in [-0.05, 0) is 17.7 Å². The van der Waals surface area contributed by atoms with Crippen LogP contribution in [-0.4, -0.2) is 17.7 Å². The number of hydrogen-bond acceptors (Lipinski definition) is 4. The third kappa shape index (κ3) is 1.77. The van der Waals surface area contributed by atoms with Crippen LogP contribution in [0.25, 0.3) is 0 Å². The zero-order valence-corrected chi connectivity index (χ0v) is 7.36. The van der Waals surface area contributed by atoms with Crippen LogP contribution < -0.4 is 10.9 Å². The molecule has 0 radical (unpaired) electrons. The van der Waals surface area contributed by atoms with Crippen LogP contribution in [-0.2, 0) is 4.74 Å². The van der Waals surface area contributed by atoms with Crippen LogP contribution in [0, 0.1) is 0 Å². The molecule has 1 fully saturated rings. The Labute approximate surface area is 80.7 Å². The molecule has 1 aliphatic rings. The zero-order valence-electron chi connectivity index (χ0n) is 7.36. The van der Waals surface area contributed by atoms with E-state index in [2.05, 4.69) is 10.9 Å². The lowest BCUT2D eigenvalue weighted by atomic mass is 10.1. The summed E-state index contributed by atoms with van der Waals surface area (Å²) < 4.78 is 5.02. The number of benzene rings is 1. The molecule has 5 nitrogen and oxygen atoms in total. The summed E-state index contributed by atoms with van der Waals surface area (Å²) in [6, 6.07) is 6.57. The fourth-order valence-corrected chi connectivity index (χ4v) is 1.29. The van der Waals surface area contributed by atoms with E-state index in [-0.39, 0.29) is 11.9 Å². The van der Waals surface area contributed by atoms with E-state index in [4.69, 9.17) is 9.84 Å². The van der Waals surface area contributed by atoms with E-state index in [0.717, 1.165) is 5.56 Å². The second kappa shape index (κ2) is 3.55. The highest BCUT2D eigenvalue weighted by Gasteiger charge is 2.20. The second-order valence-corrected chi connectivity index (χ2v) is 2.99. The number of carbonyl (C=O) groups is 1. The maximum absolute atomic E-state index is 10.9. The highest BCUT2D eigenvalue weighted by atomic mass is 16.6. The number of hydrogen-bond donors (Lipinski definition) is 3. The second-order valence-electron chi connectivity index (χ2n) is 2.99. The van der Waals surface area contributed by atoms with Crippen LogP contribution in [0.5, 0.6) is 5.75 Å². The molecule has 14 heavy (non-hydrogen) atoms. The molecule has 2 rings (SSSR count). The number of hydrazine groups is 1. The minimum Gasteiger partial charge on any atom is -0.508 e. The molecule has 1 aliphatic heterocycles. The average Bonchev–Trinajstić information content (AvgIpc) is 2.19. The topological polar surface area (TPSA) is 70.6 Å². The van der Waals surface area contributed by atoms with Gasteiger partial charge in [0.05, 0.1) is 6.54 Å². The molecule has 3 N–H and O–H groups in total. The van der Waals surface area contributed by atoms with E-state index in [1.807, 2.05) is 0 Å². The van der Waals surface area contributed by atoms with Gasteiger partial charge in [0.1, 0.15) is 11.9 Å². The van der Waals surface area contributed by atoms with Crippen molar-refractivity contribution in [2.24, 2.45) is 0 Å². The van der Waals surface area contributed by atoms with Gasteiger partial charge in [0, 0.05) is 0 Å². The van der Waals surface area contributed by atoms with Crippen LogP contribution in [0.3, 0.4) is 0 Å². The molecule has 1 aromatic rings. The van der Waals surface area contributed by atoms with Gasteiger partial charge in [-0.3, -0.25) is 5.43 Å². The lowest BCUT2D eigenvalue weighted by molar-refractivity contribution is 0.0679. The van der Waals surface area contributed by atoms with E-state index in [9.17, 15) is 4.79 Å². The van der Waals surface area contributed by atoms with Gasteiger partial charge in [0.15, 0.2) is 0 Å². The number of nitrogens with one attached hydrogen (secondary N) is 2. The monoisotopic (exact) mass is 194 g/mol. The summed E-state index contributed by atoms with van der Waals surface area (Å²) >= 11 is 0. The molecule has 5 heteroatoms. The lowest BCUT2D eigenvalue weighted by Gasteiger charge is -2.24. The van der Waals surface area contributed by atoms with Gasteiger partial charge in [-0.1, -0.05) is 12.1 Å². The van der Waals surface area contributed by atoms with Gasteiger partial charge in [0.25, 0.3) is 0 Å². The third-order valence-corrected chi connectivity index (χ3v) is 1.99. The highest BCUT2D eigenvalue weighted by molar-refractivity contribution is 5.67. The molecule has 1 atom stereocenters. The van der Waals surface area contributed by atoms with Crippen molar-refractivity contribution < 1.29 is 14.6 Å². The van der Waals surface area contributed by atoms with Gasteiger partial charge in [-0.25, -0.2) is 10.2 Å². The summed E-state index contributed by atoms with van der Waals surface area (Å²) in [6.45, 7) is 0.510. The largest absolute Gasteiger partial charge is 0.508 e. The maximum atomic E-state index is 10.9. The Morgan fingerprint density at radius 3 is 2.71 bits per heavy atom. The van der Waals surface area contributed by atoms with Crippen molar-refractivity contribution in [2.75, 3.05) is 6.54 Å². The summed E-state index contributed by atoms with van der Waals surface area (Å²) in [5.41, 5.74) is 5.90. The third-order valence-electron chi connectivity index (χ3n) is 1.99. The summed E-state index contributed by atoms with van der Waals surface area (Å²) in [7, 11) is 0. The average molecular weight is 194 g/mol. The SMILES string of the molecule is O=C1NNCC(c2ccc(O)cc2)O1. The summed E-state index contributed by atoms with van der Waals surface area (Å²) in [5.74, 6) is 0.196. The number of cyclic esters (lactones) is 1. The molecule has 0 aliphatic carbocycles. The van der Waals surface area contributed by atoms with Gasteiger partial charge in [0.2, 0.25) is 0 Å². The number of phenols is 1. The highest BCUT2D eigenvalue weighted by Crippen LogP contribution is 2.20. The summed E-state index contributed by atoms with van der Waals surface area (Å²) in [4.78, 5) is 10.9. The van der Waals surface area contributed by atoms with Crippen LogP contribution in [0.4, 0.5) is 4.79 Å². The van der Waals surface area contributed by atoms with Crippen LogP contribution >= 0.6 is 0 Å². The summed E-state index contributed by atoms with van der Waals surface area (Å²) in [6.07, 6.45) is -0.793. The van der Waals surface area contributed by atoms with Gasteiger partial charge in [-0.2, -0.15) is 0 Å². The Morgan fingerprint density at radius 2 is 2.07 bits per heavy atom. The Bertz CT molecular complexity index is 336. The van der Waals surface area contributed by atoms with E-state index in [0.29, 0.717) is 6.54 Å². The first-order chi connectivity index (χ1) is 6.75. The van der Waals surface area contributed by atoms with Crippen molar-refractivity contribution in [3.8, 4) is 5.75 Å². The van der Waals surface area contributed by atoms with Gasteiger partial charge in [-0.15, -0.1) is 0 Å². The fourth-order valence-electron chi connectivity index (χ4n) is 1.29. The van der Waals surface area contributed by atoms with Crippen molar-refractivity contribution in [2.45, 2.75) is 6.10 Å². The lowest BCUT2D eigenvalue weighted by Crippen LogP contribution is -2.46. The molecule has 74 valence electrons. The number of amides is 1. The first kappa shape index (κ1) is 8.83. The maximum Gasteiger partial charge on any atom is 0.422 e. The van der Waals surface area contributed by atoms with E-state index >= 15 is 0 Å². The van der Waals surface area contributed by atoms with Crippen molar-refractivity contribution in [1.82, 2.24) is 10.9 Å². The Balaban J connectivity index is 2.14. The molecule has 1 unspecified atom stereocenters. The molecule has 0 spiro atoms. The van der Waals surface area contributed by atoms with Crippen molar-refractivity contribution in [3.05, 3.63) is 29.8 Å². The van der Waals surface area contributed by atoms with Crippen LogP contribution in [0.2, 0.25) is 0 Å². The van der Waals surface area contributed by atoms with Gasteiger partial charge >= 0.3 is 6.09 Å². The summed E-state index contributed by atoms with van der Waals surface area (Å²) in [5, 5.41) is 9.07. The van der Waals surface area contributed by atoms with Crippen LogP contribution in [0.15, 0.2) is 24.3 Å². The smallest absolute Gasteiger partial charge is 0.422 e. The Hall–Kier alpha value is -1.75. The predicted molar refractivity (Wildman–Crippen MR) is 48.5 cm³/mol. The fraction of sp³-hybridized carbons (Fsp3) is 0.222. The Kier molecular flexibility index (Phi) is 2.24. The predicted octanol–water partition coefficient (Wildman–Crippen LogP) is 0.678. The van der Waals surface area contributed by atoms with E-state index < -0.39 is 6.09 Å². The number of aromatic hydroxyl groups is 1. The first-order valence-electron chi connectivity index (χ1n) is 4.24. The molecular weight excluding hydrogens is 184 g/mol. The van der Waals surface area contributed by atoms with Crippen LogP contribution in [0.1, 0.15) is 11.7 Å². The first-order valence-corrected chi connectivity index (χ1v) is 4.24. The molecule has 0 saturated carbocycles.